The third-order valence-electron chi connectivity index (χ3n) is 3.63. The van der Waals surface area contributed by atoms with E-state index in [0.717, 1.165) is 17.6 Å². The fourth-order valence-electron chi connectivity index (χ4n) is 2.41. The van der Waals surface area contributed by atoms with Crippen molar-refractivity contribution in [3.8, 4) is 12.3 Å². The van der Waals surface area contributed by atoms with Gasteiger partial charge in [-0.1, -0.05) is 23.3 Å². The van der Waals surface area contributed by atoms with E-state index in [2.05, 4.69) is 10.9 Å². The minimum Gasteiger partial charge on any atom is -0.302 e. The first-order chi connectivity index (χ1) is 12.3. The SMILES string of the molecule is C#CCn1c(=NC(=O)c2ccc(S(C)(=O)=O)cc2)sc2cccc(F)c21. The van der Waals surface area contributed by atoms with Crippen LogP contribution in [0.1, 0.15) is 10.4 Å². The topological polar surface area (TPSA) is 68.5 Å². The van der Waals surface area contributed by atoms with Gasteiger partial charge in [-0.2, -0.15) is 4.99 Å². The second kappa shape index (κ2) is 6.86. The molecule has 0 saturated heterocycles. The number of carbonyl (C=O) groups excluding carboxylic acids is 1. The largest absolute Gasteiger partial charge is 0.302 e. The summed E-state index contributed by atoms with van der Waals surface area (Å²) >= 11 is 1.15. The number of terminal acetylenes is 1. The van der Waals surface area contributed by atoms with Crippen LogP contribution in [0.25, 0.3) is 10.2 Å². The molecule has 0 atom stereocenters. The number of hydrogen-bond donors (Lipinski definition) is 0. The number of hydrogen-bond acceptors (Lipinski definition) is 4. The molecule has 26 heavy (non-hydrogen) atoms. The molecule has 3 rings (SSSR count). The van der Waals surface area contributed by atoms with E-state index in [1.54, 1.807) is 12.1 Å². The molecule has 1 amide bonds. The van der Waals surface area contributed by atoms with Crippen molar-refractivity contribution in [2.75, 3.05) is 6.26 Å². The maximum Gasteiger partial charge on any atom is 0.279 e. The smallest absolute Gasteiger partial charge is 0.279 e. The van der Waals surface area contributed by atoms with Gasteiger partial charge in [-0.05, 0) is 36.4 Å². The average Bonchev–Trinajstić information content (AvgIpc) is 2.93. The number of nitrogens with zero attached hydrogens (tertiary/aromatic N) is 2. The van der Waals surface area contributed by atoms with Crippen molar-refractivity contribution in [1.29, 1.82) is 0 Å². The molecule has 3 aromatic rings. The Labute approximate surface area is 153 Å². The molecule has 0 N–H and O–H groups in total. The summed E-state index contributed by atoms with van der Waals surface area (Å²) in [7, 11) is -3.35. The fourth-order valence-corrected chi connectivity index (χ4v) is 4.08. The van der Waals surface area contributed by atoms with Gasteiger partial charge < -0.3 is 4.57 Å². The van der Waals surface area contributed by atoms with E-state index in [1.165, 1.54) is 34.9 Å². The Hall–Kier alpha value is -2.76. The second-order valence-corrected chi connectivity index (χ2v) is 8.50. The maximum absolute atomic E-state index is 14.1. The van der Waals surface area contributed by atoms with Crippen molar-refractivity contribution >= 4 is 37.3 Å². The van der Waals surface area contributed by atoms with Gasteiger partial charge in [-0.15, -0.1) is 6.42 Å². The molecular weight excluding hydrogens is 375 g/mol. The lowest BCUT2D eigenvalue weighted by Crippen LogP contribution is -2.17. The minimum atomic E-state index is -3.35. The molecule has 0 unspecified atom stereocenters. The van der Waals surface area contributed by atoms with Gasteiger partial charge in [-0.3, -0.25) is 4.79 Å². The van der Waals surface area contributed by atoms with Gasteiger partial charge in [0.15, 0.2) is 14.6 Å². The molecule has 0 bridgehead atoms. The lowest BCUT2D eigenvalue weighted by molar-refractivity contribution is 0.0998. The Balaban J connectivity index is 2.10. The molecule has 0 aliphatic heterocycles. The summed E-state index contributed by atoms with van der Waals surface area (Å²) in [6.07, 6.45) is 6.44. The lowest BCUT2D eigenvalue weighted by Gasteiger charge is -2.01. The monoisotopic (exact) mass is 388 g/mol. The molecule has 0 spiro atoms. The number of sulfone groups is 1. The Kier molecular flexibility index (Phi) is 4.76. The first-order valence-corrected chi connectivity index (χ1v) is 10.1. The van der Waals surface area contributed by atoms with E-state index in [1.807, 2.05) is 0 Å². The zero-order valence-electron chi connectivity index (χ0n) is 13.6. The Bertz CT molecular complexity index is 1210. The van der Waals surface area contributed by atoms with Gasteiger partial charge in [0, 0.05) is 11.8 Å². The Morgan fingerprint density at radius 2 is 1.96 bits per heavy atom. The molecule has 8 heteroatoms. The number of fused-ring (bicyclic) bond motifs is 1. The van der Waals surface area contributed by atoms with Crippen LogP contribution in [0, 0.1) is 18.2 Å². The predicted molar refractivity (Wildman–Crippen MR) is 98.1 cm³/mol. The quantitative estimate of drug-likeness (QED) is 0.648. The molecule has 0 aliphatic carbocycles. The van der Waals surface area contributed by atoms with Gasteiger partial charge in [0.2, 0.25) is 0 Å². The van der Waals surface area contributed by atoms with E-state index in [-0.39, 0.29) is 21.8 Å². The number of benzene rings is 2. The Morgan fingerprint density at radius 1 is 1.27 bits per heavy atom. The fraction of sp³-hybridized carbons (Fsp3) is 0.111. The van der Waals surface area contributed by atoms with E-state index in [4.69, 9.17) is 6.42 Å². The number of para-hydroxylation sites is 1. The van der Waals surface area contributed by atoms with Crippen LogP contribution in [0.5, 0.6) is 0 Å². The Morgan fingerprint density at radius 3 is 2.58 bits per heavy atom. The molecule has 2 aromatic carbocycles. The van der Waals surface area contributed by atoms with Gasteiger partial charge in [-0.25, -0.2) is 12.8 Å². The zero-order chi connectivity index (χ0) is 18.9. The maximum atomic E-state index is 14.1. The molecule has 1 aromatic heterocycles. The van der Waals surface area contributed by atoms with Gasteiger partial charge in [0.05, 0.1) is 21.7 Å². The van der Waals surface area contributed by atoms with Crippen LogP contribution in [0.2, 0.25) is 0 Å². The predicted octanol–water partition coefficient (Wildman–Crippen LogP) is 2.62. The normalized spacial score (nSPS) is 12.3. The highest BCUT2D eigenvalue weighted by Crippen LogP contribution is 2.20. The van der Waals surface area contributed by atoms with Crippen molar-refractivity contribution in [2.24, 2.45) is 4.99 Å². The second-order valence-electron chi connectivity index (χ2n) is 5.47. The summed E-state index contributed by atoms with van der Waals surface area (Å²) in [5.74, 6) is 1.42. The van der Waals surface area contributed by atoms with Gasteiger partial charge in [0.25, 0.3) is 5.91 Å². The van der Waals surface area contributed by atoms with Crippen LogP contribution in [-0.4, -0.2) is 25.1 Å². The first kappa shape index (κ1) is 18.0. The van der Waals surface area contributed by atoms with Crippen molar-refractivity contribution in [1.82, 2.24) is 4.57 Å². The molecule has 1 heterocycles. The van der Waals surface area contributed by atoms with Gasteiger partial charge in [0.1, 0.15) is 5.82 Å². The molecule has 0 fully saturated rings. The highest BCUT2D eigenvalue weighted by molar-refractivity contribution is 7.90. The number of halogens is 1. The summed E-state index contributed by atoms with van der Waals surface area (Å²) in [6, 6.07) is 10.1. The van der Waals surface area contributed by atoms with Crippen molar-refractivity contribution in [3.63, 3.8) is 0 Å². The van der Waals surface area contributed by atoms with Crippen molar-refractivity contribution < 1.29 is 17.6 Å². The van der Waals surface area contributed by atoms with E-state index >= 15 is 0 Å². The number of amides is 1. The molecular formula is C18H13FN2O3S2. The summed E-state index contributed by atoms with van der Waals surface area (Å²) in [4.78, 5) is 16.9. The van der Waals surface area contributed by atoms with E-state index in [9.17, 15) is 17.6 Å². The van der Waals surface area contributed by atoms with Crippen molar-refractivity contribution in [3.05, 3.63) is 58.6 Å². The van der Waals surface area contributed by atoms with Gasteiger partial charge >= 0.3 is 0 Å². The van der Waals surface area contributed by atoms with E-state index < -0.39 is 21.6 Å². The van der Waals surface area contributed by atoms with Crippen LogP contribution in [0.4, 0.5) is 4.39 Å². The number of thiazole rings is 1. The molecule has 0 radical (unpaired) electrons. The summed E-state index contributed by atoms with van der Waals surface area (Å²) in [5.41, 5.74) is 0.525. The molecule has 0 saturated carbocycles. The molecule has 132 valence electrons. The van der Waals surface area contributed by atoms with Crippen molar-refractivity contribution in [2.45, 2.75) is 11.4 Å². The van der Waals surface area contributed by atoms with Crippen LogP contribution in [0.3, 0.4) is 0 Å². The number of aromatic nitrogens is 1. The highest BCUT2D eigenvalue weighted by atomic mass is 32.2. The number of carbonyl (C=O) groups is 1. The zero-order valence-corrected chi connectivity index (χ0v) is 15.3. The van der Waals surface area contributed by atoms with Crippen LogP contribution >= 0.6 is 11.3 Å². The van der Waals surface area contributed by atoms with Crippen LogP contribution in [0.15, 0.2) is 52.4 Å². The summed E-state index contributed by atoms with van der Waals surface area (Å²) < 4.78 is 39.2. The third-order valence-corrected chi connectivity index (χ3v) is 5.80. The van der Waals surface area contributed by atoms with Crippen LogP contribution in [-0.2, 0) is 16.4 Å². The number of rotatable bonds is 3. The molecule has 0 aliphatic rings. The highest BCUT2D eigenvalue weighted by Gasteiger charge is 2.13. The minimum absolute atomic E-state index is 0.0695. The van der Waals surface area contributed by atoms with Crippen LogP contribution < -0.4 is 4.80 Å². The standard InChI is InChI=1S/C18H13FN2O3S2/c1-3-11-21-16-14(19)5-4-6-15(16)25-18(21)20-17(22)12-7-9-13(10-8-12)26(2,23)24/h1,4-10H,11H2,2H3. The van der Waals surface area contributed by atoms with E-state index in [0.29, 0.717) is 10.2 Å². The third kappa shape index (κ3) is 3.45. The summed E-state index contributed by atoms with van der Waals surface area (Å²) in [5, 5.41) is 0. The summed E-state index contributed by atoms with van der Waals surface area (Å²) in [6.45, 7) is 0.0695. The first-order valence-electron chi connectivity index (χ1n) is 7.42. The molecule has 5 nitrogen and oxygen atoms in total. The lowest BCUT2D eigenvalue weighted by atomic mass is 10.2. The average molecular weight is 388 g/mol.